The zero-order valence-corrected chi connectivity index (χ0v) is 11.3. The molecule has 1 aliphatic heterocycles. The van der Waals surface area contributed by atoms with Gasteiger partial charge in [-0.1, -0.05) is 5.16 Å². The average molecular weight is 273 g/mol. The van der Waals surface area contributed by atoms with Gasteiger partial charge in [-0.25, -0.2) is 0 Å². The highest BCUT2D eigenvalue weighted by Crippen LogP contribution is 2.35. The Morgan fingerprint density at radius 3 is 2.90 bits per heavy atom. The number of fused-ring (bicyclic) bond motifs is 1. The number of amides is 1. The molecule has 2 aromatic rings. The number of aryl methyl sites for hydroxylation is 2. The molecule has 0 radical (unpaired) electrons. The first-order valence-corrected chi connectivity index (χ1v) is 6.30. The highest BCUT2D eigenvalue weighted by atomic mass is 16.5. The Bertz CT molecular complexity index is 659. The van der Waals surface area contributed by atoms with Crippen LogP contribution in [0.1, 0.15) is 17.0 Å². The predicted molar refractivity (Wildman–Crippen MR) is 73.5 cm³/mol. The van der Waals surface area contributed by atoms with Gasteiger partial charge in [0.1, 0.15) is 11.5 Å². The molecule has 1 amide bonds. The summed E-state index contributed by atoms with van der Waals surface area (Å²) < 4.78 is 10.6. The van der Waals surface area contributed by atoms with E-state index in [1.807, 2.05) is 13.8 Å². The van der Waals surface area contributed by atoms with Crippen LogP contribution in [0.25, 0.3) is 0 Å². The first kappa shape index (κ1) is 12.5. The minimum Gasteiger partial charge on any atom is -0.482 e. The summed E-state index contributed by atoms with van der Waals surface area (Å²) >= 11 is 0. The van der Waals surface area contributed by atoms with E-state index in [0.29, 0.717) is 29.4 Å². The SMILES string of the molecule is Cc1noc(C)c1CN1C(=O)COc2ccc(N)cc21. The van der Waals surface area contributed by atoms with Crippen LogP contribution in [0, 0.1) is 13.8 Å². The Labute approximate surface area is 116 Å². The van der Waals surface area contributed by atoms with E-state index in [0.717, 1.165) is 11.3 Å². The van der Waals surface area contributed by atoms with Crippen LogP contribution >= 0.6 is 0 Å². The summed E-state index contributed by atoms with van der Waals surface area (Å²) in [6.45, 7) is 4.12. The highest BCUT2D eigenvalue weighted by molar-refractivity contribution is 5.98. The van der Waals surface area contributed by atoms with E-state index in [1.165, 1.54) is 0 Å². The Morgan fingerprint density at radius 2 is 2.20 bits per heavy atom. The molecule has 2 heterocycles. The van der Waals surface area contributed by atoms with Gasteiger partial charge in [-0.2, -0.15) is 0 Å². The summed E-state index contributed by atoms with van der Waals surface area (Å²) in [5.41, 5.74) is 8.76. The molecule has 0 bridgehead atoms. The van der Waals surface area contributed by atoms with Gasteiger partial charge < -0.3 is 19.9 Å². The number of hydrogen-bond donors (Lipinski definition) is 1. The second-order valence-corrected chi connectivity index (χ2v) is 4.80. The molecular weight excluding hydrogens is 258 g/mol. The summed E-state index contributed by atoms with van der Waals surface area (Å²) in [4.78, 5) is 13.8. The number of carbonyl (C=O) groups excluding carboxylic acids is 1. The third-order valence-corrected chi connectivity index (χ3v) is 3.42. The van der Waals surface area contributed by atoms with Gasteiger partial charge in [-0.15, -0.1) is 0 Å². The van der Waals surface area contributed by atoms with E-state index in [1.54, 1.807) is 23.1 Å². The molecule has 0 saturated heterocycles. The van der Waals surface area contributed by atoms with Gasteiger partial charge in [0.25, 0.3) is 5.91 Å². The van der Waals surface area contributed by atoms with Gasteiger partial charge in [0.05, 0.1) is 17.9 Å². The first-order valence-electron chi connectivity index (χ1n) is 6.30. The van der Waals surface area contributed by atoms with Gasteiger partial charge in [0.15, 0.2) is 6.61 Å². The fraction of sp³-hybridized carbons (Fsp3) is 0.286. The fourth-order valence-corrected chi connectivity index (χ4v) is 2.28. The van der Waals surface area contributed by atoms with Crippen molar-refractivity contribution < 1.29 is 14.1 Å². The van der Waals surface area contributed by atoms with Crippen LogP contribution in [0.3, 0.4) is 0 Å². The zero-order chi connectivity index (χ0) is 14.3. The maximum Gasteiger partial charge on any atom is 0.265 e. The Hall–Kier alpha value is -2.50. The molecule has 0 atom stereocenters. The number of carbonyl (C=O) groups is 1. The molecule has 3 rings (SSSR count). The average Bonchev–Trinajstić information content (AvgIpc) is 2.73. The number of benzene rings is 1. The summed E-state index contributed by atoms with van der Waals surface area (Å²) in [6, 6.07) is 5.27. The molecule has 1 aromatic carbocycles. The lowest BCUT2D eigenvalue weighted by Gasteiger charge is -2.29. The molecular formula is C14H15N3O3. The first-order chi connectivity index (χ1) is 9.56. The van der Waals surface area contributed by atoms with Crippen molar-refractivity contribution in [2.45, 2.75) is 20.4 Å². The van der Waals surface area contributed by atoms with Crippen LogP contribution in [-0.2, 0) is 11.3 Å². The van der Waals surface area contributed by atoms with Crippen LogP contribution in [0.2, 0.25) is 0 Å². The number of rotatable bonds is 2. The Morgan fingerprint density at radius 1 is 1.40 bits per heavy atom. The minimum absolute atomic E-state index is 0.0281. The van der Waals surface area contributed by atoms with Gasteiger partial charge in [0, 0.05) is 11.3 Å². The van der Waals surface area contributed by atoms with E-state index in [9.17, 15) is 4.79 Å². The number of nitrogens with two attached hydrogens (primary N) is 1. The van der Waals surface area contributed by atoms with Crippen molar-refractivity contribution in [1.82, 2.24) is 5.16 Å². The van der Waals surface area contributed by atoms with Gasteiger partial charge in [-0.3, -0.25) is 4.79 Å². The quantitative estimate of drug-likeness (QED) is 0.844. The number of nitrogens with zero attached hydrogens (tertiary/aromatic N) is 2. The molecule has 6 nitrogen and oxygen atoms in total. The predicted octanol–water partition coefficient (Wildman–Crippen LogP) is 1.80. The molecule has 0 unspecified atom stereocenters. The van der Waals surface area contributed by atoms with E-state index >= 15 is 0 Å². The number of aromatic nitrogens is 1. The van der Waals surface area contributed by atoms with Gasteiger partial charge >= 0.3 is 0 Å². The largest absolute Gasteiger partial charge is 0.482 e. The molecule has 20 heavy (non-hydrogen) atoms. The topological polar surface area (TPSA) is 81.6 Å². The fourth-order valence-electron chi connectivity index (χ4n) is 2.28. The van der Waals surface area contributed by atoms with Crippen molar-refractivity contribution in [3.8, 4) is 5.75 Å². The molecule has 6 heteroatoms. The molecule has 0 spiro atoms. The second-order valence-electron chi connectivity index (χ2n) is 4.80. The number of anilines is 2. The van der Waals surface area contributed by atoms with Crippen molar-refractivity contribution in [3.63, 3.8) is 0 Å². The summed E-state index contributed by atoms with van der Waals surface area (Å²) in [5.74, 6) is 1.26. The normalized spacial score (nSPS) is 14.1. The molecule has 1 aromatic heterocycles. The van der Waals surface area contributed by atoms with Gasteiger partial charge in [0.2, 0.25) is 0 Å². The smallest absolute Gasteiger partial charge is 0.265 e. The standard InChI is InChI=1S/C14H15N3O3/c1-8-11(9(2)20-16-8)6-17-12-5-10(15)3-4-13(12)19-7-14(17)18/h3-5H,6-7,15H2,1-2H3. The third-order valence-electron chi connectivity index (χ3n) is 3.42. The summed E-state index contributed by atoms with van der Waals surface area (Å²) in [5, 5.41) is 3.91. The van der Waals surface area contributed by atoms with Crippen LogP contribution < -0.4 is 15.4 Å². The van der Waals surface area contributed by atoms with Gasteiger partial charge in [-0.05, 0) is 32.0 Å². The molecule has 0 aliphatic carbocycles. The van der Waals surface area contributed by atoms with E-state index < -0.39 is 0 Å². The number of ether oxygens (including phenoxy) is 1. The van der Waals surface area contributed by atoms with E-state index in [4.69, 9.17) is 15.0 Å². The summed E-state index contributed by atoms with van der Waals surface area (Å²) in [7, 11) is 0. The van der Waals surface area contributed by atoms with Crippen molar-refractivity contribution in [3.05, 3.63) is 35.2 Å². The van der Waals surface area contributed by atoms with Crippen LogP contribution in [0.5, 0.6) is 5.75 Å². The van der Waals surface area contributed by atoms with E-state index in [2.05, 4.69) is 5.16 Å². The lowest BCUT2D eigenvalue weighted by Crippen LogP contribution is -2.38. The van der Waals surface area contributed by atoms with Crippen LogP contribution in [-0.4, -0.2) is 17.7 Å². The molecule has 104 valence electrons. The Kier molecular flexibility index (Phi) is 2.85. The van der Waals surface area contributed by atoms with Crippen molar-refractivity contribution in [2.24, 2.45) is 0 Å². The maximum atomic E-state index is 12.1. The van der Waals surface area contributed by atoms with Crippen LogP contribution in [0.15, 0.2) is 22.7 Å². The Balaban J connectivity index is 2.01. The lowest BCUT2D eigenvalue weighted by atomic mass is 10.1. The molecule has 0 fully saturated rings. The van der Waals surface area contributed by atoms with E-state index in [-0.39, 0.29) is 12.5 Å². The molecule has 0 saturated carbocycles. The zero-order valence-electron chi connectivity index (χ0n) is 11.3. The van der Waals surface area contributed by atoms with Crippen LogP contribution in [0.4, 0.5) is 11.4 Å². The molecule has 2 N–H and O–H groups in total. The third kappa shape index (κ3) is 1.99. The second kappa shape index (κ2) is 4.56. The highest BCUT2D eigenvalue weighted by Gasteiger charge is 2.27. The maximum absolute atomic E-state index is 12.1. The number of nitrogen functional groups attached to an aromatic ring is 1. The number of hydrogen-bond acceptors (Lipinski definition) is 5. The summed E-state index contributed by atoms with van der Waals surface area (Å²) in [6.07, 6.45) is 0. The monoisotopic (exact) mass is 273 g/mol. The van der Waals surface area contributed by atoms with Crippen molar-refractivity contribution >= 4 is 17.3 Å². The molecule has 1 aliphatic rings. The lowest BCUT2D eigenvalue weighted by molar-refractivity contribution is -0.121. The minimum atomic E-state index is -0.108. The van der Waals surface area contributed by atoms with Crippen molar-refractivity contribution in [1.29, 1.82) is 0 Å². The van der Waals surface area contributed by atoms with Crippen molar-refractivity contribution in [2.75, 3.05) is 17.2 Å².